The van der Waals surface area contributed by atoms with Crippen molar-refractivity contribution in [3.8, 4) is 0 Å². The lowest BCUT2D eigenvalue weighted by Crippen LogP contribution is -2.32. The van der Waals surface area contributed by atoms with Crippen molar-refractivity contribution in [3.05, 3.63) is 106 Å². The molecule has 2 heterocycles. The summed E-state index contributed by atoms with van der Waals surface area (Å²) in [6.07, 6.45) is 3.20. The molecule has 4 rings (SSSR count). The number of benzene rings is 2. The zero-order valence-corrected chi connectivity index (χ0v) is 18.2. The Morgan fingerprint density at radius 1 is 0.939 bits per heavy atom. The lowest BCUT2D eigenvalue weighted by atomic mass is 10.0. The summed E-state index contributed by atoms with van der Waals surface area (Å²) in [6, 6.07) is 16.7. The lowest BCUT2D eigenvalue weighted by molar-refractivity contribution is -0.384. The lowest BCUT2D eigenvalue weighted by Gasteiger charge is -2.15. The number of hydrogen-bond donors (Lipinski definition) is 1. The van der Waals surface area contributed by atoms with Gasteiger partial charge < -0.3 is 5.32 Å². The van der Waals surface area contributed by atoms with Gasteiger partial charge in [-0.1, -0.05) is 26.0 Å². The molecule has 2 aromatic carbocycles. The number of amides is 2. The first-order chi connectivity index (χ1) is 15.8. The monoisotopic (exact) mass is 442 g/mol. The van der Waals surface area contributed by atoms with Crippen LogP contribution in [0.15, 0.2) is 78.8 Å². The first-order valence-electron chi connectivity index (χ1n) is 10.5. The third-order valence-corrected chi connectivity index (χ3v) is 5.47. The van der Waals surface area contributed by atoms with Crippen LogP contribution in [0.5, 0.6) is 0 Å². The fourth-order valence-corrected chi connectivity index (χ4v) is 3.62. The zero-order valence-electron chi connectivity index (χ0n) is 18.2. The maximum absolute atomic E-state index is 13.3. The van der Waals surface area contributed by atoms with Crippen molar-refractivity contribution in [3.63, 3.8) is 0 Å². The molecule has 2 amide bonds. The second-order valence-corrected chi connectivity index (χ2v) is 8.01. The van der Waals surface area contributed by atoms with E-state index in [4.69, 9.17) is 0 Å². The number of hydrogen-bond acceptors (Lipinski definition) is 6. The van der Waals surface area contributed by atoms with Gasteiger partial charge >= 0.3 is 0 Å². The fourth-order valence-electron chi connectivity index (χ4n) is 3.62. The summed E-state index contributed by atoms with van der Waals surface area (Å²) < 4.78 is 0. The van der Waals surface area contributed by atoms with Gasteiger partial charge in [0.05, 0.1) is 17.0 Å². The molecule has 1 aliphatic rings. The molecule has 0 fully saturated rings. The summed E-state index contributed by atoms with van der Waals surface area (Å²) in [6.45, 7) is 4.27. The van der Waals surface area contributed by atoms with Crippen LogP contribution >= 0.6 is 0 Å². The minimum Gasteiger partial charge on any atom is -0.350 e. The van der Waals surface area contributed by atoms with E-state index in [-0.39, 0.29) is 23.5 Å². The summed E-state index contributed by atoms with van der Waals surface area (Å²) in [7, 11) is 0. The van der Waals surface area contributed by atoms with Crippen LogP contribution in [-0.4, -0.2) is 26.6 Å². The van der Waals surface area contributed by atoms with Crippen molar-refractivity contribution >= 4 is 28.8 Å². The molecule has 33 heavy (non-hydrogen) atoms. The molecule has 3 aromatic rings. The Balaban J connectivity index is 1.72. The zero-order chi connectivity index (χ0) is 23.5. The minimum atomic E-state index is -0.509. The molecule has 0 aliphatic carbocycles. The van der Waals surface area contributed by atoms with Crippen LogP contribution in [0.2, 0.25) is 0 Å². The van der Waals surface area contributed by atoms with Gasteiger partial charge in [0.1, 0.15) is 5.70 Å². The third-order valence-electron chi connectivity index (χ3n) is 5.47. The highest BCUT2D eigenvalue weighted by Crippen LogP contribution is 2.32. The summed E-state index contributed by atoms with van der Waals surface area (Å²) in [5.41, 5.74) is 3.23. The van der Waals surface area contributed by atoms with Crippen molar-refractivity contribution < 1.29 is 14.5 Å². The Kier molecular flexibility index (Phi) is 5.99. The maximum Gasteiger partial charge on any atom is 0.278 e. The molecule has 1 aromatic heterocycles. The van der Waals surface area contributed by atoms with E-state index in [1.54, 1.807) is 24.5 Å². The fraction of sp³-hybridized carbons (Fsp3) is 0.160. The van der Waals surface area contributed by atoms with E-state index < -0.39 is 16.7 Å². The van der Waals surface area contributed by atoms with Crippen LogP contribution in [0.3, 0.4) is 0 Å². The first-order valence-corrected chi connectivity index (χ1v) is 10.5. The number of carbonyl (C=O) groups excluding carboxylic acids is 2. The molecule has 0 bridgehead atoms. The predicted molar refractivity (Wildman–Crippen MR) is 124 cm³/mol. The highest BCUT2D eigenvalue weighted by Gasteiger charge is 2.39. The number of non-ortho nitro benzene ring substituents is 1. The molecule has 0 saturated carbocycles. The Hall–Kier alpha value is -4.33. The number of carbonyl (C=O) groups is 2. The molecule has 0 spiro atoms. The van der Waals surface area contributed by atoms with E-state index in [9.17, 15) is 19.7 Å². The molecular formula is C25H22N4O4. The molecule has 0 radical (unpaired) electrons. The van der Waals surface area contributed by atoms with Crippen LogP contribution in [-0.2, 0) is 16.1 Å². The van der Waals surface area contributed by atoms with Gasteiger partial charge in [0, 0.05) is 30.2 Å². The van der Waals surface area contributed by atoms with Crippen LogP contribution in [0, 0.1) is 10.1 Å². The standard InChI is InChI=1S/C25H22N4O4/c1-16(2)18-3-7-20(8-4-18)27-23-22(19-5-9-21(10-6-19)29(32)33)24(30)28(25(23)31)15-17-11-13-26-14-12-17/h3-14,16,27H,15H2,1-2H3. The van der Waals surface area contributed by atoms with Gasteiger partial charge in [0.25, 0.3) is 17.5 Å². The number of pyridine rings is 1. The van der Waals surface area contributed by atoms with Crippen LogP contribution in [0.4, 0.5) is 11.4 Å². The number of rotatable bonds is 7. The normalized spacial score (nSPS) is 13.7. The second-order valence-electron chi connectivity index (χ2n) is 8.01. The van der Waals surface area contributed by atoms with Gasteiger partial charge in [0.15, 0.2) is 0 Å². The summed E-state index contributed by atoms with van der Waals surface area (Å²) in [5, 5.41) is 14.1. The number of aromatic nitrogens is 1. The van der Waals surface area contributed by atoms with Crippen LogP contribution in [0.1, 0.15) is 36.5 Å². The first kappa shape index (κ1) is 21.9. The minimum absolute atomic E-state index is 0.0914. The van der Waals surface area contributed by atoms with Crippen molar-refractivity contribution in [1.29, 1.82) is 0 Å². The molecule has 166 valence electrons. The Morgan fingerprint density at radius 2 is 1.58 bits per heavy atom. The van der Waals surface area contributed by atoms with Gasteiger partial charge in [0.2, 0.25) is 0 Å². The van der Waals surface area contributed by atoms with E-state index >= 15 is 0 Å². The Morgan fingerprint density at radius 3 is 2.15 bits per heavy atom. The van der Waals surface area contributed by atoms with Crippen molar-refractivity contribution in [2.75, 3.05) is 5.32 Å². The number of imide groups is 1. The van der Waals surface area contributed by atoms with E-state index in [1.807, 2.05) is 24.3 Å². The molecule has 0 saturated heterocycles. The van der Waals surface area contributed by atoms with Crippen molar-refractivity contribution in [2.24, 2.45) is 0 Å². The molecule has 8 nitrogen and oxygen atoms in total. The molecule has 1 aliphatic heterocycles. The van der Waals surface area contributed by atoms with Gasteiger partial charge in [-0.15, -0.1) is 0 Å². The van der Waals surface area contributed by atoms with E-state index in [2.05, 4.69) is 24.1 Å². The topological polar surface area (TPSA) is 105 Å². The van der Waals surface area contributed by atoms with Gasteiger partial charge in [-0.2, -0.15) is 0 Å². The average Bonchev–Trinajstić information content (AvgIpc) is 3.04. The predicted octanol–water partition coefficient (Wildman–Crippen LogP) is 4.51. The maximum atomic E-state index is 13.3. The van der Waals surface area contributed by atoms with Crippen LogP contribution in [0.25, 0.3) is 5.57 Å². The second kappa shape index (κ2) is 9.04. The largest absolute Gasteiger partial charge is 0.350 e. The quantitative estimate of drug-likeness (QED) is 0.328. The smallest absolute Gasteiger partial charge is 0.278 e. The molecule has 8 heteroatoms. The van der Waals surface area contributed by atoms with Crippen molar-refractivity contribution in [1.82, 2.24) is 9.88 Å². The van der Waals surface area contributed by atoms with Crippen LogP contribution < -0.4 is 5.32 Å². The highest BCUT2D eigenvalue weighted by atomic mass is 16.6. The highest BCUT2D eigenvalue weighted by molar-refractivity contribution is 6.36. The average molecular weight is 442 g/mol. The summed E-state index contributed by atoms with van der Waals surface area (Å²) >= 11 is 0. The molecule has 0 atom stereocenters. The van der Waals surface area contributed by atoms with Gasteiger partial charge in [-0.05, 0) is 59.0 Å². The molecular weight excluding hydrogens is 420 g/mol. The van der Waals surface area contributed by atoms with E-state index in [0.717, 1.165) is 16.0 Å². The molecule has 1 N–H and O–H groups in total. The van der Waals surface area contributed by atoms with Crippen molar-refractivity contribution in [2.45, 2.75) is 26.3 Å². The SMILES string of the molecule is CC(C)c1ccc(NC2=C(c3ccc([N+](=O)[O-])cc3)C(=O)N(Cc3ccncc3)C2=O)cc1. The third kappa shape index (κ3) is 4.50. The number of anilines is 1. The van der Waals surface area contributed by atoms with E-state index in [0.29, 0.717) is 17.2 Å². The Bertz CT molecular complexity index is 1230. The summed E-state index contributed by atoms with van der Waals surface area (Å²) in [4.78, 5) is 42.3. The number of nitro benzene ring substituents is 1. The number of nitrogens with zero attached hydrogens (tertiary/aromatic N) is 3. The van der Waals surface area contributed by atoms with Gasteiger partial charge in [-0.25, -0.2) is 0 Å². The number of nitro groups is 1. The summed E-state index contributed by atoms with van der Waals surface area (Å²) in [5.74, 6) is -0.565. The molecule has 0 unspecified atom stereocenters. The van der Waals surface area contributed by atoms with E-state index in [1.165, 1.54) is 24.3 Å². The Labute approximate surface area is 190 Å². The number of nitrogens with one attached hydrogen (secondary N) is 1. The van der Waals surface area contributed by atoms with Gasteiger partial charge in [-0.3, -0.25) is 29.6 Å².